The van der Waals surface area contributed by atoms with E-state index in [4.69, 9.17) is 15.2 Å². The Hall–Kier alpha value is -3.57. The summed E-state index contributed by atoms with van der Waals surface area (Å²) < 4.78 is 10.3. The number of nitrogens with two attached hydrogens (primary N) is 1. The third kappa shape index (κ3) is 11.6. The second-order valence-corrected chi connectivity index (χ2v) is 7.99. The molecule has 178 valence electrons. The van der Waals surface area contributed by atoms with Gasteiger partial charge in [-0.05, 0) is 45.7 Å². The minimum absolute atomic E-state index is 0.227. The molecule has 32 heavy (non-hydrogen) atoms. The van der Waals surface area contributed by atoms with Crippen LogP contribution in [-0.2, 0) is 14.3 Å². The smallest absolute Gasteiger partial charge is 0.410 e. The number of carbonyl (C=O) groups is 2. The maximum absolute atomic E-state index is 12.3. The van der Waals surface area contributed by atoms with Gasteiger partial charge in [-0.3, -0.25) is 4.79 Å². The fraction of sp³-hybridized carbons (Fsp3) is 0.550. The highest BCUT2D eigenvalue weighted by Gasteiger charge is 2.26. The van der Waals surface area contributed by atoms with Crippen LogP contribution in [0.15, 0.2) is 35.3 Å². The lowest BCUT2D eigenvalue weighted by Crippen LogP contribution is -2.42. The van der Waals surface area contributed by atoms with E-state index in [0.717, 1.165) is 5.69 Å². The van der Waals surface area contributed by atoms with Gasteiger partial charge in [0.05, 0.1) is 5.41 Å². The zero-order valence-corrected chi connectivity index (χ0v) is 18.8. The number of guanidine groups is 1. The number of anilines is 1. The van der Waals surface area contributed by atoms with Crippen molar-refractivity contribution in [2.24, 2.45) is 16.1 Å². The van der Waals surface area contributed by atoms with E-state index in [9.17, 15) is 19.7 Å². The van der Waals surface area contributed by atoms with Gasteiger partial charge < -0.3 is 25.8 Å². The maximum atomic E-state index is 12.3. The summed E-state index contributed by atoms with van der Waals surface area (Å²) in [5, 5.41) is 15.5. The summed E-state index contributed by atoms with van der Waals surface area (Å²) in [4.78, 5) is 38.4. The van der Waals surface area contributed by atoms with E-state index in [1.165, 1.54) is 6.92 Å². The molecule has 2 atom stereocenters. The highest BCUT2D eigenvalue weighted by Crippen LogP contribution is 2.16. The third-order valence-corrected chi connectivity index (χ3v) is 4.01. The van der Waals surface area contributed by atoms with Gasteiger partial charge in [0.15, 0.2) is 5.03 Å². The molecular weight excluding hydrogens is 420 g/mol. The summed E-state index contributed by atoms with van der Waals surface area (Å²) in [6.45, 7) is 7.17. The average Bonchev–Trinajstić information content (AvgIpc) is 2.68. The van der Waals surface area contributed by atoms with Crippen molar-refractivity contribution in [1.29, 1.82) is 0 Å². The van der Waals surface area contributed by atoms with Crippen molar-refractivity contribution >= 4 is 23.7 Å². The molecule has 0 saturated heterocycles. The first-order chi connectivity index (χ1) is 15.0. The predicted molar refractivity (Wildman–Crippen MR) is 119 cm³/mol. The van der Waals surface area contributed by atoms with Gasteiger partial charge in [-0.25, -0.2) is 19.9 Å². The van der Waals surface area contributed by atoms with Crippen LogP contribution in [0.25, 0.3) is 0 Å². The van der Waals surface area contributed by atoms with Crippen LogP contribution in [0.4, 0.5) is 10.5 Å². The number of alkyl carbamates (subject to hydrolysis) is 1. The van der Waals surface area contributed by atoms with Crippen molar-refractivity contribution in [3.63, 3.8) is 0 Å². The van der Waals surface area contributed by atoms with Crippen LogP contribution in [0.5, 0.6) is 0 Å². The van der Waals surface area contributed by atoms with Crippen LogP contribution in [0, 0.1) is 15.5 Å². The Balaban J connectivity index is 2.61. The average molecular weight is 453 g/mol. The molecule has 0 fully saturated rings. The number of benzene rings is 1. The third-order valence-electron chi connectivity index (χ3n) is 4.01. The van der Waals surface area contributed by atoms with Gasteiger partial charge in [-0.2, -0.15) is 0 Å². The summed E-state index contributed by atoms with van der Waals surface area (Å²) in [5.74, 6) is -0.783. The zero-order chi connectivity index (χ0) is 24.1. The summed E-state index contributed by atoms with van der Waals surface area (Å²) >= 11 is 0. The van der Waals surface area contributed by atoms with E-state index in [1.807, 2.05) is 30.3 Å². The van der Waals surface area contributed by atoms with Gasteiger partial charge in [0, 0.05) is 31.7 Å². The van der Waals surface area contributed by atoms with Crippen molar-refractivity contribution < 1.29 is 24.1 Å². The number of amides is 1. The Kier molecular flexibility index (Phi) is 10.7. The lowest BCUT2D eigenvalue weighted by atomic mass is 9.97. The van der Waals surface area contributed by atoms with Crippen molar-refractivity contribution in [1.82, 2.24) is 10.7 Å². The van der Waals surface area contributed by atoms with Gasteiger partial charge in [0.2, 0.25) is 6.29 Å². The molecule has 12 heteroatoms. The zero-order valence-electron chi connectivity index (χ0n) is 18.8. The molecule has 0 heterocycles. The molecule has 0 radical (unpaired) electrons. The summed E-state index contributed by atoms with van der Waals surface area (Å²) in [6.07, 6.45) is -0.810. The first kappa shape index (κ1) is 26.5. The summed E-state index contributed by atoms with van der Waals surface area (Å²) in [6, 6.07) is 9.07. The number of para-hydroxylation sites is 1. The van der Waals surface area contributed by atoms with Crippen molar-refractivity contribution in [2.75, 3.05) is 18.4 Å². The minimum Gasteiger partial charge on any atom is -0.425 e. The second-order valence-electron chi connectivity index (χ2n) is 7.99. The van der Waals surface area contributed by atoms with Crippen LogP contribution in [-0.4, -0.2) is 48.5 Å². The minimum atomic E-state index is -1.05. The Labute approximate surface area is 187 Å². The monoisotopic (exact) mass is 452 g/mol. The number of hydrogen-bond donors (Lipinski definition) is 4. The quantitative estimate of drug-likeness (QED) is 0.0745. The fourth-order valence-electron chi connectivity index (χ4n) is 2.39. The molecule has 0 aliphatic heterocycles. The number of rotatable bonds is 11. The first-order valence-electron chi connectivity index (χ1n) is 10.2. The van der Waals surface area contributed by atoms with Crippen molar-refractivity contribution in [3.05, 3.63) is 40.4 Å². The number of nitrogens with one attached hydrogen (secondary N) is 3. The molecule has 0 aliphatic rings. The number of nitrogens with zero attached hydrogens (tertiary/aromatic N) is 2. The lowest BCUT2D eigenvalue weighted by Gasteiger charge is -2.23. The molecule has 1 unspecified atom stereocenters. The molecule has 1 aromatic rings. The van der Waals surface area contributed by atoms with Gasteiger partial charge in [-0.1, -0.05) is 23.6 Å². The summed E-state index contributed by atoms with van der Waals surface area (Å²) in [7, 11) is 0. The van der Waals surface area contributed by atoms with Crippen molar-refractivity contribution in [2.45, 2.75) is 52.9 Å². The number of hydrogen-bond acceptors (Lipinski definition) is 8. The van der Waals surface area contributed by atoms with Crippen LogP contribution in [0.1, 0.15) is 40.5 Å². The van der Waals surface area contributed by atoms with Crippen LogP contribution in [0.3, 0.4) is 0 Å². The van der Waals surface area contributed by atoms with Crippen molar-refractivity contribution in [3.8, 4) is 0 Å². The standard InChI is InChI=1S/C20H32N6O6/c1-14(31-17(27)20(2,3)4)32-19(28)24-16(13-23-15-9-6-5-7-10-15)11-8-12-22-18(21)25-26(29)30/h5-7,9-10,14,16,23H,8,11-13H2,1-4H3,(H,24,28)(H3,21,22,25)/t14?,16-/m0/s1. The SMILES string of the molecule is CC(OC(=O)N[C@@H](CCCN=C(N)N[N+](=O)[O-])CNc1ccccc1)OC(=O)C(C)(C)C. The highest BCUT2D eigenvalue weighted by molar-refractivity contribution is 5.76. The van der Waals surface area contributed by atoms with E-state index >= 15 is 0 Å². The summed E-state index contributed by atoms with van der Waals surface area (Å²) in [5.41, 5.74) is 7.30. The van der Waals surface area contributed by atoms with Crippen LogP contribution in [0.2, 0.25) is 0 Å². The van der Waals surface area contributed by atoms with Gasteiger partial charge in [0.25, 0.3) is 5.96 Å². The van der Waals surface area contributed by atoms with E-state index in [0.29, 0.717) is 19.4 Å². The molecule has 1 amide bonds. The van der Waals surface area contributed by atoms with Gasteiger partial charge in [-0.15, -0.1) is 0 Å². The molecule has 12 nitrogen and oxygen atoms in total. The topological polar surface area (TPSA) is 170 Å². The molecule has 0 saturated carbocycles. The normalized spacial score (nSPS) is 13.4. The lowest BCUT2D eigenvalue weighted by molar-refractivity contribution is -0.525. The van der Waals surface area contributed by atoms with Gasteiger partial charge >= 0.3 is 12.1 Å². The molecule has 5 N–H and O–H groups in total. The number of hydrazine groups is 1. The molecule has 0 spiro atoms. The van der Waals surface area contributed by atoms with Gasteiger partial charge in [0.1, 0.15) is 0 Å². The number of nitro groups is 1. The molecular formula is C20H32N6O6. The number of carbonyl (C=O) groups excluding carboxylic acids is 2. The Morgan fingerprint density at radius 1 is 1.22 bits per heavy atom. The maximum Gasteiger partial charge on any atom is 0.410 e. The predicted octanol–water partition coefficient (Wildman–Crippen LogP) is 2.00. The van der Waals surface area contributed by atoms with E-state index in [2.05, 4.69) is 15.6 Å². The molecule has 0 aromatic heterocycles. The number of aliphatic imine (C=N–C) groups is 1. The second kappa shape index (κ2) is 13.0. The van der Waals surface area contributed by atoms with Crippen LogP contribution < -0.4 is 21.8 Å². The Morgan fingerprint density at radius 2 is 1.88 bits per heavy atom. The fourth-order valence-corrected chi connectivity index (χ4v) is 2.39. The number of ether oxygens (including phenoxy) is 2. The molecule has 1 rings (SSSR count). The first-order valence-corrected chi connectivity index (χ1v) is 10.2. The molecule has 0 aliphatic carbocycles. The molecule has 0 bridgehead atoms. The van der Waals surface area contributed by atoms with E-state index in [-0.39, 0.29) is 18.5 Å². The van der Waals surface area contributed by atoms with E-state index in [1.54, 1.807) is 26.2 Å². The Morgan fingerprint density at radius 3 is 2.47 bits per heavy atom. The van der Waals surface area contributed by atoms with Crippen LogP contribution >= 0.6 is 0 Å². The van der Waals surface area contributed by atoms with E-state index < -0.39 is 28.8 Å². The Bertz CT molecular complexity index is 781. The highest BCUT2D eigenvalue weighted by atomic mass is 16.7. The largest absolute Gasteiger partial charge is 0.425 e. The molecule has 1 aromatic carbocycles. The number of esters is 1.